The fourth-order valence-electron chi connectivity index (χ4n) is 3.05. The minimum absolute atomic E-state index is 0.116. The van der Waals surface area contributed by atoms with Gasteiger partial charge < -0.3 is 10.6 Å². The average molecular weight is 402 g/mol. The van der Waals surface area contributed by atoms with Crippen LogP contribution in [-0.4, -0.2) is 23.4 Å². The number of benzene rings is 2. The molecule has 7 heteroatoms. The Labute approximate surface area is 168 Å². The van der Waals surface area contributed by atoms with Crippen LogP contribution in [0.3, 0.4) is 0 Å². The molecule has 0 aliphatic carbocycles. The lowest BCUT2D eigenvalue weighted by Gasteiger charge is -2.31. The Balaban J connectivity index is 1.55. The van der Waals surface area contributed by atoms with Crippen molar-refractivity contribution in [3.63, 3.8) is 0 Å². The first-order chi connectivity index (χ1) is 13.4. The molecule has 28 heavy (non-hydrogen) atoms. The van der Waals surface area contributed by atoms with Crippen LogP contribution in [0.5, 0.6) is 0 Å². The first-order valence-electron chi connectivity index (χ1n) is 9.18. The summed E-state index contributed by atoms with van der Waals surface area (Å²) in [7, 11) is 0. The number of carbonyl (C=O) groups excluding carboxylic acids is 2. The highest BCUT2D eigenvalue weighted by Gasteiger charge is 2.27. The quantitative estimate of drug-likeness (QED) is 0.693. The summed E-state index contributed by atoms with van der Waals surface area (Å²) in [5, 5.41) is 9.02. The van der Waals surface area contributed by atoms with Gasteiger partial charge >= 0.3 is 0 Å². The molecule has 3 N–H and O–H groups in total. The van der Waals surface area contributed by atoms with Gasteiger partial charge in [0.15, 0.2) is 0 Å². The van der Waals surface area contributed by atoms with Crippen LogP contribution in [0, 0.1) is 19.7 Å². The molecule has 1 fully saturated rings. The van der Waals surface area contributed by atoms with Crippen molar-refractivity contribution in [3.8, 4) is 0 Å². The van der Waals surface area contributed by atoms with Gasteiger partial charge in [-0.15, -0.1) is 11.8 Å². The van der Waals surface area contributed by atoms with Crippen molar-refractivity contribution >= 4 is 29.3 Å². The molecule has 2 amide bonds. The van der Waals surface area contributed by atoms with Gasteiger partial charge in [-0.3, -0.25) is 14.9 Å². The molecule has 2 aromatic rings. The third-order valence-corrected chi connectivity index (χ3v) is 5.64. The molecule has 2 atom stereocenters. The molecule has 1 heterocycles. The molecular formula is C21H24FN3O2S. The second-order valence-electron chi connectivity index (χ2n) is 6.99. The highest BCUT2D eigenvalue weighted by molar-refractivity contribution is 7.99. The summed E-state index contributed by atoms with van der Waals surface area (Å²) in [6.45, 7) is 3.91. The Kier molecular flexibility index (Phi) is 6.70. The van der Waals surface area contributed by atoms with Crippen LogP contribution in [0.4, 0.5) is 10.1 Å². The highest BCUT2D eigenvalue weighted by Crippen LogP contribution is 2.21. The van der Waals surface area contributed by atoms with Crippen molar-refractivity contribution in [2.24, 2.45) is 0 Å². The first-order valence-corrected chi connectivity index (χ1v) is 10.2. The molecule has 1 aliphatic heterocycles. The Morgan fingerprint density at radius 2 is 2.04 bits per heavy atom. The van der Waals surface area contributed by atoms with Crippen LogP contribution >= 0.6 is 11.8 Å². The zero-order valence-electron chi connectivity index (χ0n) is 15.9. The van der Waals surface area contributed by atoms with Crippen molar-refractivity contribution in [2.45, 2.75) is 44.0 Å². The van der Waals surface area contributed by atoms with Gasteiger partial charge in [-0.25, -0.2) is 4.39 Å². The largest absolute Gasteiger partial charge is 0.332 e. The van der Waals surface area contributed by atoms with E-state index in [1.54, 1.807) is 18.2 Å². The smallest absolute Gasteiger partial charge is 0.225 e. The maximum atomic E-state index is 13.8. The lowest BCUT2D eigenvalue weighted by atomic mass is 10.1. The van der Waals surface area contributed by atoms with Gasteiger partial charge in [0.25, 0.3) is 0 Å². The molecule has 3 rings (SSSR count). The number of nitrogens with one attached hydrogen (secondary N) is 3. The van der Waals surface area contributed by atoms with Gasteiger partial charge in [0.2, 0.25) is 11.8 Å². The number of halogens is 1. The van der Waals surface area contributed by atoms with E-state index in [1.165, 1.54) is 17.8 Å². The average Bonchev–Trinajstić information content (AvgIpc) is 2.63. The summed E-state index contributed by atoms with van der Waals surface area (Å²) in [6, 6.07) is 12.2. The predicted octanol–water partition coefficient (Wildman–Crippen LogP) is 3.47. The number of carbonyl (C=O) groups is 2. The Hall–Kier alpha value is -2.38. The van der Waals surface area contributed by atoms with Crippen LogP contribution in [-0.2, 0) is 15.3 Å². The van der Waals surface area contributed by atoms with Crippen LogP contribution in [0.2, 0.25) is 0 Å². The van der Waals surface area contributed by atoms with E-state index in [0.29, 0.717) is 11.3 Å². The summed E-state index contributed by atoms with van der Waals surface area (Å²) in [5.41, 5.74) is 3.07. The maximum absolute atomic E-state index is 13.8. The lowest BCUT2D eigenvalue weighted by Crippen LogP contribution is -2.55. The van der Waals surface area contributed by atoms with E-state index in [9.17, 15) is 14.0 Å². The summed E-state index contributed by atoms with van der Waals surface area (Å²) in [5.74, 6) is -0.0962. The Morgan fingerprint density at radius 1 is 1.25 bits per heavy atom. The van der Waals surface area contributed by atoms with Gasteiger partial charge in [-0.2, -0.15) is 0 Å². The molecular weight excluding hydrogens is 377 g/mol. The zero-order valence-corrected chi connectivity index (χ0v) is 16.7. The normalized spacial score (nSPS) is 19.2. The summed E-state index contributed by atoms with van der Waals surface area (Å²) in [4.78, 5) is 24.5. The van der Waals surface area contributed by atoms with Crippen molar-refractivity contribution in [1.29, 1.82) is 0 Å². The molecule has 0 aromatic heterocycles. The number of thioether (sulfide) groups is 1. The number of hydrogen-bond donors (Lipinski definition) is 3. The molecule has 1 aliphatic rings. The minimum atomic E-state index is -0.362. The molecule has 0 radical (unpaired) electrons. The minimum Gasteiger partial charge on any atom is -0.332 e. The summed E-state index contributed by atoms with van der Waals surface area (Å²) >= 11 is 1.39. The van der Waals surface area contributed by atoms with E-state index in [0.717, 1.165) is 16.8 Å². The molecule has 0 saturated carbocycles. The van der Waals surface area contributed by atoms with Crippen LogP contribution in [0.1, 0.15) is 29.5 Å². The SMILES string of the molecule is Cc1ccc(C)c(NC(=O)CC2CC(=O)NC(SCc3ccccc3F)N2)c1. The van der Waals surface area contributed by atoms with E-state index in [1.807, 2.05) is 32.0 Å². The molecule has 2 aromatic carbocycles. The number of rotatable bonds is 6. The van der Waals surface area contributed by atoms with Gasteiger partial charge in [0.05, 0.1) is 0 Å². The van der Waals surface area contributed by atoms with Gasteiger partial charge in [-0.05, 0) is 42.7 Å². The van der Waals surface area contributed by atoms with E-state index < -0.39 is 0 Å². The van der Waals surface area contributed by atoms with Gasteiger partial charge in [-0.1, -0.05) is 30.3 Å². The number of anilines is 1. The number of aryl methyl sites for hydroxylation is 2. The lowest BCUT2D eigenvalue weighted by molar-refractivity contribution is -0.124. The van der Waals surface area contributed by atoms with Crippen LogP contribution in [0.25, 0.3) is 0 Å². The molecule has 0 bridgehead atoms. The monoisotopic (exact) mass is 401 g/mol. The molecule has 148 valence electrons. The predicted molar refractivity (Wildman–Crippen MR) is 110 cm³/mol. The third-order valence-electron chi connectivity index (χ3n) is 4.57. The van der Waals surface area contributed by atoms with Crippen molar-refractivity contribution in [2.75, 3.05) is 5.32 Å². The van der Waals surface area contributed by atoms with E-state index in [-0.39, 0.29) is 42.0 Å². The van der Waals surface area contributed by atoms with Crippen LogP contribution in [0.15, 0.2) is 42.5 Å². The Morgan fingerprint density at radius 3 is 2.82 bits per heavy atom. The molecule has 2 unspecified atom stereocenters. The van der Waals surface area contributed by atoms with Crippen molar-refractivity contribution < 1.29 is 14.0 Å². The fraction of sp³-hybridized carbons (Fsp3) is 0.333. The molecule has 1 saturated heterocycles. The summed E-state index contributed by atoms with van der Waals surface area (Å²) < 4.78 is 13.8. The van der Waals surface area contributed by atoms with Crippen molar-refractivity contribution in [3.05, 3.63) is 65.0 Å². The molecule has 0 spiro atoms. The molecule has 5 nitrogen and oxygen atoms in total. The van der Waals surface area contributed by atoms with E-state index in [2.05, 4.69) is 16.0 Å². The standard InChI is InChI=1S/C21H24FN3O2S/c1-13-7-8-14(2)18(9-13)24-19(26)10-16-11-20(27)25-21(23-16)28-12-15-5-3-4-6-17(15)22/h3-9,16,21,23H,10-12H2,1-2H3,(H,24,26)(H,25,27). The first kappa shape index (κ1) is 20.4. The van der Waals surface area contributed by atoms with E-state index >= 15 is 0 Å². The van der Waals surface area contributed by atoms with E-state index in [4.69, 9.17) is 0 Å². The third kappa shape index (κ3) is 5.56. The maximum Gasteiger partial charge on any atom is 0.225 e. The zero-order chi connectivity index (χ0) is 20.1. The second kappa shape index (κ2) is 9.21. The van der Waals surface area contributed by atoms with Gasteiger partial charge in [0.1, 0.15) is 11.3 Å². The van der Waals surface area contributed by atoms with Crippen LogP contribution < -0.4 is 16.0 Å². The number of amides is 2. The highest BCUT2D eigenvalue weighted by atomic mass is 32.2. The topological polar surface area (TPSA) is 70.2 Å². The fourth-order valence-corrected chi connectivity index (χ4v) is 4.13. The Bertz CT molecular complexity index is 874. The van der Waals surface area contributed by atoms with Gasteiger partial charge in [0, 0.05) is 30.3 Å². The summed E-state index contributed by atoms with van der Waals surface area (Å²) in [6.07, 6.45) is 0.425. The second-order valence-corrected chi connectivity index (χ2v) is 8.08. The van der Waals surface area contributed by atoms with Crippen molar-refractivity contribution in [1.82, 2.24) is 10.6 Å². The number of hydrogen-bond acceptors (Lipinski definition) is 4.